The summed E-state index contributed by atoms with van der Waals surface area (Å²) in [6.07, 6.45) is -0.952. The number of nitrogens with one attached hydrogen (secondary N) is 1. The van der Waals surface area contributed by atoms with E-state index in [2.05, 4.69) is 10.3 Å². The van der Waals surface area contributed by atoms with Crippen LogP contribution in [0.2, 0.25) is 5.02 Å². The number of carbonyl (C=O) groups is 1. The van der Waals surface area contributed by atoms with Crippen molar-refractivity contribution < 1.29 is 9.53 Å². The van der Waals surface area contributed by atoms with Gasteiger partial charge in [-0.15, -0.1) is 0 Å². The first kappa shape index (κ1) is 17.5. The van der Waals surface area contributed by atoms with Gasteiger partial charge in [-0.05, 0) is 23.8 Å². The SMILES string of the molecule is O=C1Nc2ccc(Cl)cc2C(c2ccccc2)=N[C@H]1OCc1ccccc1. The number of rotatable bonds is 4. The molecule has 0 aromatic heterocycles. The van der Waals surface area contributed by atoms with Crippen molar-refractivity contribution in [2.45, 2.75) is 12.8 Å². The first-order valence-corrected chi connectivity index (χ1v) is 8.98. The van der Waals surface area contributed by atoms with Crippen molar-refractivity contribution in [2.24, 2.45) is 4.99 Å². The van der Waals surface area contributed by atoms with E-state index in [1.807, 2.05) is 66.7 Å². The van der Waals surface area contributed by atoms with Gasteiger partial charge >= 0.3 is 0 Å². The van der Waals surface area contributed by atoms with E-state index in [9.17, 15) is 4.79 Å². The Kier molecular flexibility index (Phi) is 5.01. The molecular weight excluding hydrogens is 360 g/mol. The van der Waals surface area contributed by atoms with Crippen LogP contribution in [0.5, 0.6) is 0 Å². The van der Waals surface area contributed by atoms with Crippen LogP contribution in [0.25, 0.3) is 0 Å². The minimum absolute atomic E-state index is 0.293. The van der Waals surface area contributed by atoms with Gasteiger partial charge < -0.3 is 10.1 Å². The van der Waals surface area contributed by atoms with Crippen molar-refractivity contribution in [3.8, 4) is 0 Å². The Bertz CT molecular complexity index is 988. The van der Waals surface area contributed by atoms with Crippen molar-refractivity contribution in [3.63, 3.8) is 0 Å². The predicted octanol–water partition coefficient (Wildman–Crippen LogP) is 4.67. The molecule has 1 N–H and O–H groups in total. The first-order valence-electron chi connectivity index (χ1n) is 8.60. The van der Waals surface area contributed by atoms with Gasteiger partial charge in [-0.3, -0.25) is 4.79 Å². The molecule has 0 bridgehead atoms. The molecule has 1 atom stereocenters. The van der Waals surface area contributed by atoms with E-state index in [0.29, 0.717) is 23.0 Å². The maximum Gasteiger partial charge on any atom is 0.276 e. The third-order valence-corrected chi connectivity index (χ3v) is 4.50. The lowest BCUT2D eigenvalue weighted by molar-refractivity contribution is -0.127. The molecule has 1 heterocycles. The summed E-state index contributed by atoms with van der Waals surface area (Å²) in [7, 11) is 0. The molecule has 1 amide bonds. The van der Waals surface area contributed by atoms with Crippen molar-refractivity contribution in [1.82, 2.24) is 0 Å². The summed E-state index contributed by atoms with van der Waals surface area (Å²) in [5, 5.41) is 3.48. The maximum absolute atomic E-state index is 12.7. The van der Waals surface area contributed by atoms with Crippen molar-refractivity contribution in [1.29, 1.82) is 0 Å². The van der Waals surface area contributed by atoms with Gasteiger partial charge in [-0.25, -0.2) is 4.99 Å². The highest BCUT2D eigenvalue weighted by Crippen LogP contribution is 2.27. The van der Waals surface area contributed by atoms with Crippen LogP contribution < -0.4 is 5.32 Å². The molecule has 0 unspecified atom stereocenters. The smallest absolute Gasteiger partial charge is 0.276 e. The summed E-state index contributed by atoms with van der Waals surface area (Å²) in [4.78, 5) is 17.3. The molecule has 0 fully saturated rings. The van der Waals surface area contributed by atoms with Crippen LogP contribution in [0.15, 0.2) is 83.9 Å². The van der Waals surface area contributed by atoms with E-state index in [-0.39, 0.29) is 5.91 Å². The highest BCUT2D eigenvalue weighted by atomic mass is 35.5. The molecule has 0 radical (unpaired) electrons. The number of aliphatic imine (C=N–C) groups is 1. The summed E-state index contributed by atoms with van der Waals surface area (Å²) in [6, 6.07) is 24.7. The number of fused-ring (bicyclic) bond motifs is 1. The van der Waals surface area contributed by atoms with Gasteiger partial charge in [0.25, 0.3) is 5.91 Å². The van der Waals surface area contributed by atoms with Gasteiger partial charge in [-0.1, -0.05) is 72.3 Å². The first-order chi connectivity index (χ1) is 13.2. The average Bonchev–Trinajstić information content (AvgIpc) is 2.84. The largest absolute Gasteiger partial charge is 0.343 e. The molecule has 27 heavy (non-hydrogen) atoms. The van der Waals surface area contributed by atoms with Gasteiger partial charge in [0.05, 0.1) is 18.0 Å². The van der Waals surface area contributed by atoms with Crippen molar-refractivity contribution >= 4 is 28.9 Å². The van der Waals surface area contributed by atoms with Crippen LogP contribution in [-0.2, 0) is 16.1 Å². The second kappa shape index (κ2) is 7.74. The second-order valence-corrected chi connectivity index (χ2v) is 6.61. The third-order valence-electron chi connectivity index (χ3n) is 4.26. The number of hydrogen-bond donors (Lipinski definition) is 1. The van der Waals surface area contributed by atoms with Crippen molar-refractivity contribution in [3.05, 3.63) is 101 Å². The molecule has 134 valence electrons. The molecule has 5 heteroatoms. The quantitative estimate of drug-likeness (QED) is 0.719. The van der Waals surface area contributed by atoms with E-state index >= 15 is 0 Å². The Hall–Kier alpha value is -2.95. The lowest BCUT2D eigenvalue weighted by Gasteiger charge is -2.12. The van der Waals surface area contributed by atoms with Crippen LogP contribution in [0.1, 0.15) is 16.7 Å². The molecule has 1 aliphatic heterocycles. The maximum atomic E-state index is 12.7. The van der Waals surface area contributed by atoms with Crippen molar-refractivity contribution in [2.75, 3.05) is 5.32 Å². The summed E-state index contributed by atoms with van der Waals surface area (Å²) >= 11 is 6.20. The number of carbonyl (C=O) groups excluding carboxylic acids is 1. The van der Waals surface area contributed by atoms with Gasteiger partial charge in [0.1, 0.15) is 0 Å². The molecule has 1 aliphatic rings. The zero-order valence-electron chi connectivity index (χ0n) is 14.4. The zero-order chi connectivity index (χ0) is 18.6. The van der Waals surface area contributed by atoms with E-state index in [0.717, 1.165) is 16.7 Å². The number of ether oxygens (including phenoxy) is 1. The Labute approximate surface area is 162 Å². The molecule has 3 aromatic carbocycles. The highest BCUT2D eigenvalue weighted by Gasteiger charge is 2.26. The van der Waals surface area contributed by atoms with Gasteiger partial charge in [0, 0.05) is 16.1 Å². The number of nitrogens with zero attached hydrogens (tertiary/aromatic N) is 1. The fourth-order valence-electron chi connectivity index (χ4n) is 2.95. The Morgan fingerprint density at radius 2 is 1.67 bits per heavy atom. The second-order valence-electron chi connectivity index (χ2n) is 6.17. The van der Waals surface area contributed by atoms with Crippen LogP contribution in [0.3, 0.4) is 0 Å². The number of benzodiazepines with no additional fused rings is 1. The zero-order valence-corrected chi connectivity index (χ0v) is 15.2. The number of hydrogen-bond acceptors (Lipinski definition) is 3. The van der Waals surface area contributed by atoms with Gasteiger partial charge in [0.2, 0.25) is 6.23 Å². The molecule has 0 aliphatic carbocycles. The van der Waals surface area contributed by atoms with Gasteiger partial charge in [-0.2, -0.15) is 0 Å². The Morgan fingerprint density at radius 3 is 2.41 bits per heavy atom. The lowest BCUT2D eigenvalue weighted by Crippen LogP contribution is -2.28. The number of halogens is 1. The van der Waals surface area contributed by atoms with Crippen LogP contribution in [0, 0.1) is 0 Å². The summed E-state index contributed by atoms with van der Waals surface area (Å²) < 4.78 is 5.84. The number of anilines is 1. The average molecular weight is 377 g/mol. The molecule has 0 spiro atoms. The van der Waals surface area contributed by atoms with Crippen LogP contribution in [0.4, 0.5) is 5.69 Å². The molecule has 4 rings (SSSR count). The molecule has 4 nitrogen and oxygen atoms in total. The van der Waals surface area contributed by atoms with E-state index in [4.69, 9.17) is 16.3 Å². The van der Waals surface area contributed by atoms with E-state index in [1.54, 1.807) is 12.1 Å². The molecule has 0 saturated carbocycles. The molecule has 0 saturated heterocycles. The van der Waals surface area contributed by atoms with Gasteiger partial charge in [0.15, 0.2) is 0 Å². The topological polar surface area (TPSA) is 50.7 Å². The highest BCUT2D eigenvalue weighted by molar-refractivity contribution is 6.32. The Balaban J connectivity index is 1.73. The minimum atomic E-state index is -0.952. The molecule has 3 aromatic rings. The van der Waals surface area contributed by atoms with Crippen LogP contribution >= 0.6 is 11.6 Å². The summed E-state index contributed by atoms with van der Waals surface area (Å²) in [5.74, 6) is -0.305. The normalized spacial score (nSPS) is 16.1. The standard InChI is InChI=1S/C22H17ClN2O2/c23-17-11-12-19-18(13-17)20(16-9-5-2-6-10-16)25-22(21(26)24-19)27-14-15-7-3-1-4-8-15/h1-13,22H,14H2,(H,24,26)/t22-/m0/s1. The summed E-state index contributed by atoms with van der Waals surface area (Å²) in [5.41, 5.74) is 3.98. The number of amides is 1. The van der Waals surface area contributed by atoms with E-state index in [1.165, 1.54) is 0 Å². The predicted molar refractivity (Wildman–Crippen MR) is 107 cm³/mol. The third kappa shape index (κ3) is 3.92. The molecular formula is C22H17ClN2O2. The minimum Gasteiger partial charge on any atom is -0.343 e. The number of benzene rings is 3. The fraction of sp³-hybridized carbons (Fsp3) is 0.0909. The monoisotopic (exact) mass is 376 g/mol. The Morgan fingerprint density at radius 1 is 0.963 bits per heavy atom. The van der Waals surface area contributed by atoms with E-state index < -0.39 is 6.23 Å². The fourth-order valence-corrected chi connectivity index (χ4v) is 3.12. The summed E-state index contributed by atoms with van der Waals surface area (Å²) in [6.45, 7) is 0.293. The lowest BCUT2D eigenvalue weighted by atomic mass is 10.0. The van der Waals surface area contributed by atoms with Crippen LogP contribution in [-0.4, -0.2) is 17.8 Å².